The van der Waals surface area contributed by atoms with Gasteiger partial charge in [-0.05, 0) is 55.0 Å². The van der Waals surface area contributed by atoms with Gasteiger partial charge in [-0.15, -0.1) is 0 Å². The predicted molar refractivity (Wildman–Crippen MR) is 120 cm³/mol. The molecule has 2 aromatic rings. The maximum Gasteiger partial charge on any atom is 0.220 e. The number of nitrogens with one attached hydrogen (secondary N) is 2. The molecule has 6 heteroatoms. The molecule has 0 aromatic heterocycles. The summed E-state index contributed by atoms with van der Waals surface area (Å²) >= 11 is 0. The molecule has 1 atom stereocenters. The minimum absolute atomic E-state index is 0.0617. The molecule has 166 valence electrons. The van der Waals surface area contributed by atoms with Gasteiger partial charge >= 0.3 is 0 Å². The predicted octanol–water partition coefficient (Wildman–Crippen LogP) is 3.36. The van der Waals surface area contributed by atoms with Crippen LogP contribution in [0.4, 0.5) is 0 Å². The molecule has 4 rings (SSSR count). The molecule has 0 bridgehead atoms. The largest absolute Gasteiger partial charge is 0.496 e. The maximum atomic E-state index is 12.5. The van der Waals surface area contributed by atoms with E-state index in [4.69, 9.17) is 9.47 Å². The topological polar surface area (TPSA) is 76.7 Å². The van der Waals surface area contributed by atoms with E-state index in [0.717, 1.165) is 49.0 Å². The molecule has 6 nitrogen and oxygen atoms in total. The van der Waals surface area contributed by atoms with E-state index < -0.39 is 0 Å². The lowest BCUT2D eigenvalue weighted by Gasteiger charge is -2.30. The van der Waals surface area contributed by atoms with Gasteiger partial charge in [-0.1, -0.05) is 30.3 Å². The summed E-state index contributed by atoms with van der Waals surface area (Å²) in [6.45, 7) is 2.28. The number of hydrogen-bond acceptors (Lipinski definition) is 4. The summed E-state index contributed by atoms with van der Waals surface area (Å²) in [5.41, 5.74) is 0.783. The molecular weight excluding hydrogens is 392 g/mol. The summed E-state index contributed by atoms with van der Waals surface area (Å²) in [6.07, 6.45) is 5.03. The van der Waals surface area contributed by atoms with Gasteiger partial charge < -0.3 is 20.1 Å². The smallest absolute Gasteiger partial charge is 0.220 e. The van der Waals surface area contributed by atoms with Crippen molar-refractivity contribution in [2.75, 3.05) is 26.9 Å². The monoisotopic (exact) mass is 424 g/mol. The number of hydrogen-bond donors (Lipinski definition) is 2. The Kier molecular flexibility index (Phi) is 6.76. The van der Waals surface area contributed by atoms with E-state index >= 15 is 0 Å². The van der Waals surface area contributed by atoms with Crippen molar-refractivity contribution in [2.45, 2.75) is 50.5 Å². The van der Waals surface area contributed by atoms with Gasteiger partial charge in [-0.25, -0.2) is 0 Å². The molecule has 2 aliphatic heterocycles. The fourth-order valence-electron chi connectivity index (χ4n) is 4.86. The first-order valence-corrected chi connectivity index (χ1v) is 11.3. The van der Waals surface area contributed by atoms with Crippen molar-refractivity contribution in [1.82, 2.24) is 10.6 Å². The summed E-state index contributed by atoms with van der Waals surface area (Å²) in [7, 11) is 1.68. The highest BCUT2D eigenvalue weighted by Gasteiger charge is 2.38. The third kappa shape index (κ3) is 5.18. The molecule has 2 heterocycles. The standard InChI is InChI=1S/C25H32N2O4/c1-30-22-7-6-19(20-4-2-3-5-21(20)22)16-25(13-9-24(29)27-25)12-8-23(28)26-17-18-10-14-31-15-11-18/h2-7,18H,8-17H2,1H3,(H,26,28)(H,27,29). The first-order valence-electron chi connectivity index (χ1n) is 11.3. The van der Waals surface area contributed by atoms with E-state index in [0.29, 0.717) is 38.1 Å². The van der Waals surface area contributed by atoms with Gasteiger partial charge in [0, 0.05) is 43.5 Å². The molecule has 0 spiro atoms. The fraction of sp³-hybridized carbons (Fsp3) is 0.520. The number of benzene rings is 2. The van der Waals surface area contributed by atoms with Gasteiger partial charge in [0.05, 0.1) is 7.11 Å². The van der Waals surface area contributed by atoms with Gasteiger partial charge in [-0.2, -0.15) is 0 Å². The minimum Gasteiger partial charge on any atom is -0.496 e. The van der Waals surface area contributed by atoms with E-state index in [2.05, 4.69) is 28.8 Å². The van der Waals surface area contributed by atoms with Crippen LogP contribution < -0.4 is 15.4 Å². The zero-order valence-corrected chi connectivity index (χ0v) is 18.2. The Hall–Kier alpha value is -2.60. The van der Waals surface area contributed by atoms with E-state index in [1.165, 1.54) is 5.56 Å². The number of carbonyl (C=O) groups excluding carboxylic acids is 2. The quantitative estimate of drug-likeness (QED) is 0.681. The Labute approximate surface area is 183 Å². The summed E-state index contributed by atoms with van der Waals surface area (Å²) in [6, 6.07) is 12.3. The van der Waals surface area contributed by atoms with Crippen LogP contribution in [0.1, 0.15) is 44.1 Å². The van der Waals surface area contributed by atoms with Crippen LogP contribution in [0.15, 0.2) is 36.4 Å². The molecule has 2 aromatic carbocycles. The second-order valence-electron chi connectivity index (χ2n) is 8.84. The van der Waals surface area contributed by atoms with Crippen molar-refractivity contribution in [1.29, 1.82) is 0 Å². The second kappa shape index (κ2) is 9.69. The van der Waals surface area contributed by atoms with Gasteiger partial charge in [0.15, 0.2) is 0 Å². The highest BCUT2D eigenvalue weighted by Crippen LogP contribution is 2.34. The molecule has 31 heavy (non-hydrogen) atoms. The van der Waals surface area contributed by atoms with Crippen LogP contribution in [-0.2, 0) is 20.7 Å². The molecule has 2 N–H and O–H groups in total. The van der Waals surface area contributed by atoms with Gasteiger partial charge in [-0.3, -0.25) is 9.59 Å². The second-order valence-corrected chi connectivity index (χ2v) is 8.84. The molecule has 0 aliphatic carbocycles. The van der Waals surface area contributed by atoms with Crippen molar-refractivity contribution in [2.24, 2.45) is 5.92 Å². The van der Waals surface area contributed by atoms with E-state index in [1.54, 1.807) is 7.11 Å². The number of amides is 2. The maximum absolute atomic E-state index is 12.5. The van der Waals surface area contributed by atoms with E-state index in [1.807, 2.05) is 18.2 Å². The van der Waals surface area contributed by atoms with Gasteiger partial charge in [0.1, 0.15) is 5.75 Å². The zero-order chi connectivity index (χ0) is 21.7. The Morgan fingerprint density at radius 1 is 1.19 bits per heavy atom. The van der Waals surface area contributed by atoms with Crippen molar-refractivity contribution in [3.05, 3.63) is 42.0 Å². The molecular formula is C25H32N2O4. The Bertz CT molecular complexity index is 938. The van der Waals surface area contributed by atoms with Crippen LogP contribution in [0.2, 0.25) is 0 Å². The zero-order valence-electron chi connectivity index (χ0n) is 18.2. The van der Waals surface area contributed by atoms with Crippen molar-refractivity contribution < 1.29 is 19.1 Å². The van der Waals surface area contributed by atoms with Crippen molar-refractivity contribution >= 4 is 22.6 Å². The molecule has 2 fully saturated rings. The molecule has 0 saturated carbocycles. The van der Waals surface area contributed by atoms with Crippen LogP contribution in [0, 0.1) is 5.92 Å². The first kappa shape index (κ1) is 21.6. The number of carbonyl (C=O) groups is 2. The third-order valence-corrected chi connectivity index (χ3v) is 6.72. The Morgan fingerprint density at radius 3 is 2.68 bits per heavy atom. The van der Waals surface area contributed by atoms with Gasteiger partial charge in [0.25, 0.3) is 0 Å². The van der Waals surface area contributed by atoms with Crippen LogP contribution in [0.3, 0.4) is 0 Å². The number of fused-ring (bicyclic) bond motifs is 1. The summed E-state index contributed by atoms with van der Waals surface area (Å²) in [5, 5.41) is 8.49. The normalized spacial score (nSPS) is 21.8. The van der Waals surface area contributed by atoms with Crippen LogP contribution in [0.25, 0.3) is 10.8 Å². The SMILES string of the molecule is COc1ccc(CC2(CCC(=O)NCC3CCOCC3)CCC(=O)N2)c2ccccc12. The summed E-state index contributed by atoms with van der Waals surface area (Å²) in [5.74, 6) is 1.48. The Morgan fingerprint density at radius 2 is 1.97 bits per heavy atom. The van der Waals surface area contributed by atoms with Gasteiger partial charge in [0.2, 0.25) is 11.8 Å². The highest BCUT2D eigenvalue weighted by atomic mass is 16.5. The van der Waals surface area contributed by atoms with E-state index in [9.17, 15) is 9.59 Å². The van der Waals surface area contributed by atoms with Crippen molar-refractivity contribution in [3.63, 3.8) is 0 Å². The fourth-order valence-corrected chi connectivity index (χ4v) is 4.86. The summed E-state index contributed by atoms with van der Waals surface area (Å²) < 4.78 is 10.9. The molecule has 2 amide bonds. The lowest BCUT2D eigenvalue weighted by molar-refractivity contribution is -0.123. The average Bonchev–Trinajstić information content (AvgIpc) is 3.18. The Balaban J connectivity index is 1.44. The molecule has 2 saturated heterocycles. The molecule has 0 radical (unpaired) electrons. The molecule has 1 unspecified atom stereocenters. The van der Waals surface area contributed by atoms with Crippen molar-refractivity contribution in [3.8, 4) is 5.75 Å². The molecule has 2 aliphatic rings. The number of rotatable bonds is 8. The summed E-state index contributed by atoms with van der Waals surface area (Å²) in [4.78, 5) is 24.7. The minimum atomic E-state index is -0.384. The van der Waals surface area contributed by atoms with E-state index in [-0.39, 0.29) is 17.4 Å². The highest BCUT2D eigenvalue weighted by molar-refractivity contribution is 5.91. The number of ether oxygens (including phenoxy) is 2. The van der Waals surface area contributed by atoms with Crippen LogP contribution >= 0.6 is 0 Å². The first-order chi connectivity index (χ1) is 15.1. The average molecular weight is 425 g/mol. The lowest BCUT2D eigenvalue weighted by atomic mass is 9.83. The van der Waals surface area contributed by atoms with Crippen LogP contribution in [-0.4, -0.2) is 44.2 Å². The number of methoxy groups -OCH3 is 1. The third-order valence-electron chi connectivity index (χ3n) is 6.72. The van der Waals surface area contributed by atoms with Crippen LogP contribution in [0.5, 0.6) is 5.75 Å². The lowest BCUT2D eigenvalue weighted by Crippen LogP contribution is -2.44.